The topological polar surface area (TPSA) is 71.5 Å². The largest absolute Gasteiger partial charge is 0.449 e. The van der Waals surface area contributed by atoms with Gasteiger partial charge in [0.15, 0.2) is 6.10 Å². The number of nitrogens with one attached hydrogen (secondary N) is 1. The Morgan fingerprint density at radius 1 is 1.27 bits per heavy atom. The molecule has 7 heteroatoms. The summed E-state index contributed by atoms with van der Waals surface area (Å²) in [4.78, 5) is 26.5. The van der Waals surface area contributed by atoms with Gasteiger partial charge in [-0.05, 0) is 38.2 Å². The predicted octanol–water partition coefficient (Wildman–Crippen LogP) is 2.44. The number of nitrogens with zero attached hydrogens (tertiary/aromatic N) is 2. The van der Waals surface area contributed by atoms with E-state index in [-0.39, 0.29) is 5.91 Å². The van der Waals surface area contributed by atoms with Crippen LogP contribution in [0.15, 0.2) is 0 Å². The molecule has 2 heterocycles. The second kappa shape index (κ2) is 7.58. The molecule has 0 spiro atoms. The van der Waals surface area contributed by atoms with Crippen molar-refractivity contribution in [3.63, 3.8) is 0 Å². The third-order valence-electron chi connectivity index (χ3n) is 3.84. The first-order chi connectivity index (χ1) is 10.5. The lowest BCUT2D eigenvalue weighted by Crippen LogP contribution is -2.40. The Morgan fingerprint density at radius 2 is 1.91 bits per heavy atom. The molecule has 1 atom stereocenters. The van der Waals surface area contributed by atoms with E-state index in [9.17, 15) is 9.59 Å². The van der Waals surface area contributed by atoms with Crippen molar-refractivity contribution in [1.82, 2.24) is 9.27 Å². The normalized spacial score (nSPS) is 16.8. The van der Waals surface area contributed by atoms with Gasteiger partial charge in [-0.2, -0.15) is 4.37 Å². The van der Waals surface area contributed by atoms with E-state index in [1.165, 1.54) is 11.5 Å². The second-order valence-corrected chi connectivity index (χ2v) is 6.28. The van der Waals surface area contributed by atoms with Gasteiger partial charge in [-0.3, -0.25) is 4.79 Å². The van der Waals surface area contributed by atoms with E-state index >= 15 is 0 Å². The molecule has 1 aromatic heterocycles. The van der Waals surface area contributed by atoms with Crippen molar-refractivity contribution >= 4 is 28.4 Å². The van der Waals surface area contributed by atoms with Gasteiger partial charge in [0.25, 0.3) is 5.91 Å². The monoisotopic (exact) mass is 325 g/mol. The first-order valence-corrected chi connectivity index (χ1v) is 8.45. The average molecular weight is 325 g/mol. The Hall–Kier alpha value is -1.63. The standard InChI is InChI=1S/C15H23N3O3S/c1-10-12(13(16-3)22-17-10)15(20)21-11(2)14(19)18-8-6-4-5-7-9-18/h11,16H,4-9H2,1-3H3. The van der Waals surface area contributed by atoms with Crippen LogP contribution >= 0.6 is 11.5 Å². The quantitative estimate of drug-likeness (QED) is 0.861. The number of hydrogen-bond acceptors (Lipinski definition) is 6. The molecule has 0 saturated carbocycles. The van der Waals surface area contributed by atoms with Crippen molar-refractivity contribution < 1.29 is 14.3 Å². The van der Waals surface area contributed by atoms with Crippen molar-refractivity contribution in [1.29, 1.82) is 0 Å². The summed E-state index contributed by atoms with van der Waals surface area (Å²) in [7, 11) is 1.73. The summed E-state index contributed by atoms with van der Waals surface area (Å²) in [6, 6.07) is 0. The lowest BCUT2D eigenvalue weighted by atomic mass is 10.2. The summed E-state index contributed by atoms with van der Waals surface area (Å²) in [6.45, 7) is 4.90. The fourth-order valence-corrected chi connectivity index (χ4v) is 3.33. The SMILES string of the molecule is CNc1snc(C)c1C(=O)OC(C)C(=O)N1CCCCCC1. The zero-order valence-corrected chi connectivity index (χ0v) is 14.2. The minimum Gasteiger partial charge on any atom is -0.449 e. The van der Waals surface area contributed by atoms with E-state index in [1.807, 2.05) is 4.90 Å². The maximum atomic E-state index is 12.4. The smallest absolute Gasteiger partial charge is 0.343 e. The van der Waals surface area contributed by atoms with Crippen LogP contribution in [0, 0.1) is 6.92 Å². The van der Waals surface area contributed by atoms with E-state index in [1.54, 1.807) is 20.9 Å². The molecule has 0 bridgehead atoms. The van der Waals surface area contributed by atoms with Crippen LogP contribution in [0.2, 0.25) is 0 Å². The highest BCUT2D eigenvalue weighted by atomic mass is 32.1. The van der Waals surface area contributed by atoms with Gasteiger partial charge in [-0.1, -0.05) is 12.8 Å². The molecule has 0 radical (unpaired) electrons. The number of hydrogen-bond donors (Lipinski definition) is 1. The summed E-state index contributed by atoms with van der Waals surface area (Å²) >= 11 is 1.21. The molecule has 22 heavy (non-hydrogen) atoms. The van der Waals surface area contributed by atoms with Crippen molar-refractivity contribution in [2.45, 2.75) is 45.6 Å². The zero-order valence-electron chi connectivity index (χ0n) is 13.3. The van der Waals surface area contributed by atoms with E-state index in [2.05, 4.69) is 9.69 Å². The summed E-state index contributed by atoms with van der Waals surface area (Å²) < 4.78 is 9.52. The van der Waals surface area contributed by atoms with E-state index < -0.39 is 12.1 Å². The number of aromatic nitrogens is 1. The highest BCUT2D eigenvalue weighted by Crippen LogP contribution is 2.25. The van der Waals surface area contributed by atoms with Gasteiger partial charge in [0.2, 0.25) is 0 Å². The van der Waals surface area contributed by atoms with Gasteiger partial charge in [-0.15, -0.1) is 0 Å². The highest BCUT2D eigenvalue weighted by molar-refractivity contribution is 7.10. The van der Waals surface area contributed by atoms with E-state index in [4.69, 9.17) is 4.74 Å². The number of esters is 1. The fourth-order valence-electron chi connectivity index (χ4n) is 2.60. The van der Waals surface area contributed by atoms with Gasteiger partial charge in [0.1, 0.15) is 10.6 Å². The summed E-state index contributed by atoms with van der Waals surface area (Å²) in [5, 5.41) is 3.60. The minimum atomic E-state index is -0.769. The second-order valence-electron chi connectivity index (χ2n) is 5.51. The molecule has 1 unspecified atom stereocenters. The molecule has 2 rings (SSSR count). The Labute approximate surface area is 135 Å². The predicted molar refractivity (Wildman–Crippen MR) is 86.3 cm³/mol. The lowest BCUT2D eigenvalue weighted by molar-refractivity contribution is -0.139. The molecular weight excluding hydrogens is 302 g/mol. The van der Waals surface area contributed by atoms with Gasteiger partial charge in [0.05, 0.1) is 5.69 Å². The molecular formula is C15H23N3O3S. The Morgan fingerprint density at radius 3 is 2.50 bits per heavy atom. The number of carbonyl (C=O) groups excluding carboxylic acids is 2. The Balaban J connectivity index is 2.01. The number of rotatable bonds is 4. The molecule has 1 aliphatic heterocycles. The van der Waals surface area contributed by atoms with Gasteiger partial charge in [-0.25, -0.2) is 4.79 Å². The highest BCUT2D eigenvalue weighted by Gasteiger charge is 2.27. The third kappa shape index (κ3) is 3.76. The maximum Gasteiger partial charge on any atom is 0.343 e. The van der Waals surface area contributed by atoms with Crippen LogP contribution in [-0.2, 0) is 9.53 Å². The number of aryl methyl sites for hydroxylation is 1. The average Bonchev–Trinajstić information content (AvgIpc) is 2.71. The maximum absolute atomic E-state index is 12.4. The molecule has 122 valence electrons. The number of carbonyl (C=O) groups is 2. The minimum absolute atomic E-state index is 0.109. The first-order valence-electron chi connectivity index (χ1n) is 7.68. The molecule has 0 aliphatic carbocycles. The molecule has 1 saturated heterocycles. The number of anilines is 1. The van der Waals surface area contributed by atoms with Crippen molar-refractivity contribution in [3.05, 3.63) is 11.3 Å². The zero-order chi connectivity index (χ0) is 16.1. The van der Waals surface area contributed by atoms with Gasteiger partial charge < -0.3 is 15.0 Å². The molecule has 0 aromatic carbocycles. The van der Waals surface area contributed by atoms with Crippen LogP contribution in [0.3, 0.4) is 0 Å². The van der Waals surface area contributed by atoms with Crippen LogP contribution in [0.5, 0.6) is 0 Å². The molecule has 1 aromatic rings. The Kier molecular flexibility index (Phi) is 5.76. The Bertz CT molecular complexity index is 536. The van der Waals surface area contributed by atoms with Crippen LogP contribution in [0.1, 0.15) is 48.7 Å². The van der Waals surface area contributed by atoms with Crippen molar-refractivity contribution in [2.75, 3.05) is 25.5 Å². The molecule has 1 N–H and O–H groups in total. The van der Waals surface area contributed by atoms with Crippen LogP contribution < -0.4 is 5.32 Å². The summed E-state index contributed by atoms with van der Waals surface area (Å²) in [6.07, 6.45) is 3.58. The fraction of sp³-hybridized carbons (Fsp3) is 0.667. The van der Waals surface area contributed by atoms with Crippen molar-refractivity contribution in [2.24, 2.45) is 0 Å². The third-order valence-corrected chi connectivity index (χ3v) is 4.80. The first kappa shape index (κ1) is 16.7. The number of amides is 1. The van der Waals surface area contributed by atoms with Gasteiger partial charge >= 0.3 is 5.97 Å². The molecule has 1 amide bonds. The van der Waals surface area contributed by atoms with Crippen LogP contribution in [-0.4, -0.2) is 47.4 Å². The van der Waals surface area contributed by atoms with Crippen LogP contribution in [0.4, 0.5) is 5.00 Å². The molecule has 1 fully saturated rings. The number of ether oxygens (including phenoxy) is 1. The van der Waals surface area contributed by atoms with Crippen molar-refractivity contribution in [3.8, 4) is 0 Å². The van der Waals surface area contributed by atoms with E-state index in [0.29, 0.717) is 16.3 Å². The van der Waals surface area contributed by atoms with Gasteiger partial charge in [0, 0.05) is 20.1 Å². The summed E-state index contributed by atoms with van der Waals surface area (Å²) in [5.74, 6) is -0.603. The van der Waals surface area contributed by atoms with Crippen LogP contribution in [0.25, 0.3) is 0 Å². The lowest BCUT2D eigenvalue weighted by Gasteiger charge is -2.24. The number of likely N-dealkylation sites (tertiary alicyclic amines) is 1. The summed E-state index contributed by atoms with van der Waals surface area (Å²) in [5.41, 5.74) is 1.04. The van der Waals surface area contributed by atoms with E-state index in [0.717, 1.165) is 38.8 Å². The molecule has 6 nitrogen and oxygen atoms in total. The molecule has 1 aliphatic rings.